The summed E-state index contributed by atoms with van der Waals surface area (Å²) in [4.78, 5) is 25.1. The normalized spacial score (nSPS) is 14.3. The molecule has 0 saturated heterocycles. The highest BCUT2D eigenvalue weighted by molar-refractivity contribution is 5.85. The van der Waals surface area contributed by atoms with Gasteiger partial charge in [-0.15, -0.1) is 0 Å². The maximum absolute atomic E-state index is 12.8. The minimum absolute atomic E-state index is 0.250. The van der Waals surface area contributed by atoms with E-state index < -0.39 is 17.4 Å². The number of nitrogens with one attached hydrogen (secondary N) is 1. The molecule has 1 rings (SSSR count). The summed E-state index contributed by atoms with van der Waals surface area (Å²) in [6.07, 6.45) is 4.84. The molecule has 0 bridgehead atoms. The summed E-state index contributed by atoms with van der Waals surface area (Å²) >= 11 is 0. The van der Waals surface area contributed by atoms with Crippen molar-refractivity contribution in [2.24, 2.45) is 23.6 Å². The van der Waals surface area contributed by atoms with Crippen LogP contribution in [-0.4, -0.2) is 17.5 Å². The predicted octanol–water partition coefficient (Wildman–Crippen LogP) is 3.70. The Morgan fingerprint density at radius 1 is 1.15 bits per heavy atom. The van der Waals surface area contributed by atoms with Crippen LogP contribution >= 0.6 is 0 Å². The van der Waals surface area contributed by atoms with Crippen molar-refractivity contribution < 1.29 is 14.3 Å². The second-order valence-corrected chi connectivity index (χ2v) is 7.93. The van der Waals surface area contributed by atoms with Crippen LogP contribution in [0.3, 0.4) is 0 Å². The molecular formula is C21H32N2O3. The zero-order valence-electron chi connectivity index (χ0n) is 16.5. The molecule has 0 aliphatic carbocycles. The fraction of sp³-hybridized carbons (Fsp3) is 0.524. The summed E-state index contributed by atoms with van der Waals surface area (Å²) in [5.74, 6) is 3.80. The zero-order chi connectivity index (χ0) is 19.7. The molecule has 144 valence electrons. The summed E-state index contributed by atoms with van der Waals surface area (Å²) in [5, 5.41) is 0. The van der Waals surface area contributed by atoms with Gasteiger partial charge in [0.2, 0.25) is 5.91 Å². The van der Waals surface area contributed by atoms with Crippen molar-refractivity contribution in [2.75, 3.05) is 0 Å². The SMILES string of the molecule is CC(C)C[C@H](C(=O)NN)[C@H](CC=Cc1ccccc1)C(=O)OC(C)(C)C. The van der Waals surface area contributed by atoms with Crippen LogP contribution in [0.2, 0.25) is 0 Å². The molecule has 1 aromatic carbocycles. The van der Waals surface area contributed by atoms with Crippen LogP contribution in [0.15, 0.2) is 36.4 Å². The third kappa shape index (κ3) is 7.83. The molecule has 0 saturated carbocycles. The summed E-state index contributed by atoms with van der Waals surface area (Å²) in [5.41, 5.74) is 2.64. The number of esters is 1. The molecule has 5 heteroatoms. The van der Waals surface area contributed by atoms with Crippen LogP contribution in [0.4, 0.5) is 0 Å². The van der Waals surface area contributed by atoms with E-state index in [1.807, 2.05) is 77.1 Å². The molecule has 0 radical (unpaired) electrons. The molecule has 2 atom stereocenters. The lowest BCUT2D eigenvalue weighted by molar-refractivity contribution is -0.164. The van der Waals surface area contributed by atoms with Crippen molar-refractivity contribution in [2.45, 2.75) is 53.1 Å². The van der Waals surface area contributed by atoms with E-state index in [4.69, 9.17) is 10.6 Å². The van der Waals surface area contributed by atoms with Crippen LogP contribution in [0.5, 0.6) is 0 Å². The van der Waals surface area contributed by atoms with E-state index in [0.717, 1.165) is 5.56 Å². The van der Waals surface area contributed by atoms with E-state index in [1.165, 1.54) is 0 Å². The first-order valence-corrected chi connectivity index (χ1v) is 9.09. The fourth-order valence-electron chi connectivity index (χ4n) is 2.79. The Labute approximate surface area is 157 Å². The first-order valence-electron chi connectivity index (χ1n) is 9.09. The van der Waals surface area contributed by atoms with Crippen LogP contribution in [0.25, 0.3) is 6.08 Å². The Balaban J connectivity index is 3.04. The number of carbonyl (C=O) groups excluding carboxylic acids is 2. The number of carbonyl (C=O) groups is 2. The summed E-state index contributed by atoms with van der Waals surface area (Å²) in [7, 11) is 0. The Morgan fingerprint density at radius 2 is 1.77 bits per heavy atom. The molecule has 0 aliphatic heterocycles. The van der Waals surface area contributed by atoms with Crippen LogP contribution < -0.4 is 11.3 Å². The lowest BCUT2D eigenvalue weighted by atomic mass is 9.82. The van der Waals surface area contributed by atoms with Crippen molar-refractivity contribution in [3.05, 3.63) is 42.0 Å². The second kappa shape index (κ2) is 10.1. The average Bonchev–Trinajstić information content (AvgIpc) is 2.55. The van der Waals surface area contributed by atoms with Crippen molar-refractivity contribution in [1.29, 1.82) is 0 Å². The van der Waals surface area contributed by atoms with E-state index in [-0.39, 0.29) is 17.8 Å². The quantitative estimate of drug-likeness (QED) is 0.320. The highest BCUT2D eigenvalue weighted by Gasteiger charge is 2.35. The Bertz CT molecular complexity index is 603. The van der Waals surface area contributed by atoms with Crippen LogP contribution in [0.1, 0.15) is 53.0 Å². The van der Waals surface area contributed by atoms with E-state index in [0.29, 0.717) is 12.8 Å². The van der Waals surface area contributed by atoms with Crippen LogP contribution in [-0.2, 0) is 14.3 Å². The topological polar surface area (TPSA) is 81.4 Å². The predicted molar refractivity (Wildman–Crippen MR) is 105 cm³/mol. The molecule has 3 N–H and O–H groups in total. The maximum atomic E-state index is 12.8. The summed E-state index contributed by atoms with van der Waals surface area (Å²) in [6, 6.07) is 9.82. The molecule has 0 heterocycles. The highest BCUT2D eigenvalue weighted by atomic mass is 16.6. The van der Waals surface area contributed by atoms with Gasteiger partial charge in [0.05, 0.1) is 11.8 Å². The molecule has 0 unspecified atom stereocenters. The molecule has 5 nitrogen and oxygen atoms in total. The number of allylic oxidation sites excluding steroid dienone is 1. The zero-order valence-corrected chi connectivity index (χ0v) is 16.5. The van der Waals surface area contributed by atoms with Gasteiger partial charge in [-0.1, -0.05) is 56.3 Å². The summed E-state index contributed by atoms with van der Waals surface area (Å²) in [6.45, 7) is 9.50. The molecular weight excluding hydrogens is 328 g/mol. The van der Waals surface area contributed by atoms with Crippen LogP contribution in [0, 0.1) is 17.8 Å². The van der Waals surface area contributed by atoms with Crippen molar-refractivity contribution in [3.8, 4) is 0 Å². The first-order chi connectivity index (χ1) is 12.1. The number of nitrogens with two attached hydrogens (primary N) is 1. The monoisotopic (exact) mass is 360 g/mol. The lowest BCUT2D eigenvalue weighted by Gasteiger charge is -2.28. The Morgan fingerprint density at radius 3 is 2.27 bits per heavy atom. The maximum Gasteiger partial charge on any atom is 0.310 e. The van der Waals surface area contributed by atoms with Gasteiger partial charge < -0.3 is 4.74 Å². The molecule has 0 aliphatic rings. The largest absolute Gasteiger partial charge is 0.460 e. The van der Waals surface area contributed by atoms with E-state index >= 15 is 0 Å². The number of benzene rings is 1. The van der Waals surface area contributed by atoms with Gasteiger partial charge in [-0.2, -0.15) is 0 Å². The van der Waals surface area contributed by atoms with Gasteiger partial charge in [0, 0.05) is 0 Å². The molecule has 1 aromatic rings. The Kier molecular flexibility index (Phi) is 8.52. The van der Waals surface area contributed by atoms with Gasteiger partial charge in [-0.05, 0) is 45.1 Å². The van der Waals surface area contributed by atoms with Crippen molar-refractivity contribution in [3.63, 3.8) is 0 Å². The smallest absolute Gasteiger partial charge is 0.310 e. The number of rotatable bonds is 8. The second-order valence-electron chi connectivity index (χ2n) is 7.93. The highest BCUT2D eigenvalue weighted by Crippen LogP contribution is 2.27. The van der Waals surface area contributed by atoms with Gasteiger partial charge in [-0.25, -0.2) is 5.84 Å². The first kappa shape index (κ1) is 21.9. The van der Waals surface area contributed by atoms with E-state index in [2.05, 4.69) is 5.43 Å². The molecule has 1 amide bonds. The molecule has 0 fully saturated rings. The van der Waals surface area contributed by atoms with Gasteiger partial charge in [-0.3, -0.25) is 15.0 Å². The minimum atomic E-state index is -0.611. The number of ether oxygens (including phenoxy) is 1. The third-order valence-corrected chi connectivity index (χ3v) is 3.90. The fourth-order valence-corrected chi connectivity index (χ4v) is 2.79. The van der Waals surface area contributed by atoms with Gasteiger partial charge in [0.1, 0.15) is 5.60 Å². The molecule has 0 spiro atoms. The number of hydrazine groups is 1. The van der Waals surface area contributed by atoms with Crippen molar-refractivity contribution in [1.82, 2.24) is 5.43 Å². The minimum Gasteiger partial charge on any atom is -0.460 e. The standard InChI is InChI=1S/C21H32N2O3/c1-15(2)14-18(19(24)23-22)17(20(25)26-21(3,4)5)13-9-12-16-10-7-6-8-11-16/h6-12,15,17-18H,13-14,22H2,1-5H3,(H,23,24)/t17-,18-/m0/s1. The summed E-state index contributed by atoms with van der Waals surface area (Å²) < 4.78 is 5.57. The van der Waals surface area contributed by atoms with Gasteiger partial charge in [0.25, 0.3) is 0 Å². The Hall–Kier alpha value is -2.14. The molecule has 26 heavy (non-hydrogen) atoms. The van der Waals surface area contributed by atoms with Gasteiger partial charge in [0.15, 0.2) is 0 Å². The lowest BCUT2D eigenvalue weighted by Crippen LogP contribution is -2.43. The van der Waals surface area contributed by atoms with Crippen molar-refractivity contribution >= 4 is 18.0 Å². The van der Waals surface area contributed by atoms with Gasteiger partial charge >= 0.3 is 5.97 Å². The molecule has 0 aromatic heterocycles. The van der Waals surface area contributed by atoms with E-state index in [1.54, 1.807) is 0 Å². The number of hydrogen-bond donors (Lipinski definition) is 2. The third-order valence-electron chi connectivity index (χ3n) is 3.90. The number of hydrogen-bond acceptors (Lipinski definition) is 4. The van der Waals surface area contributed by atoms with E-state index in [9.17, 15) is 9.59 Å². The average molecular weight is 360 g/mol. The number of amides is 1.